The van der Waals surface area contributed by atoms with Crippen LogP contribution in [-0.2, 0) is 16.0 Å². The van der Waals surface area contributed by atoms with Gasteiger partial charge < -0.3 is 15.6 Å². The first-order chi connectivity index (χ1) is 7.87. The van der Waals surface area contributed by atoms with Crippen molar-refractivity contribution in [2.24, 2.45) is 5.73 Å². The normalized spacial score (nSPS) is 13.4. The Morgan fingerprint density at radius 3 is 2.59 bits per heavy atom. The molecule has 0 spiro atoms. The van der Waals surface area contributed by atoms with Crippen LogP contribution in [0.3, 0.4) is 0 Å². The van der Waals surface area contributed by atoms with E-state index < -0.39 is 12.0 Å². The Hall–Kier alpha value is -1.39. The summed E-state index contributed by atoms with van der Waals surface area (Å²) in [5.41, 5.74) is 6.87. The van der Waals surface area contributed by atoms with Gasteiger partial charge in [-0.2, -0.15) is 0 Å². The second kappa shape index (κ2) is 5.29. The Bertz CT molecular complexity index is 401. The summed E-state index contributed by atoms with van der Waals surface area (Å²) in [6.07, 6.45) is 0.626. The van der Waals surface area contributed by atoms with Gasteiger partial charge in [-0.15, -0.1) is 0 Å². The van der Waals surface area contributed by atoms with Crippen LogP contribution in [0, 0.1) is 0 Å². The van der Waals surface area contributed by atoms with E-state index in [1.165, 1.54) is 0 Å². The van der Waals surface area contributed by atoms with E-state index in [-0.39, 0.29) is 5.60 Å². The van der Waals surface area contributed by atoms with Crippen LogP contribution < -0.4 is 5.73 Å². The quantitative estimate of drug-likeness (QED) is 0.818. The van der Waals surface area contributed by atoms with Gasteiger partial charge in [0.1, 0.15) is 6.04 Å². The Balaban J connectivity index is 3.04. The molecule has 1 unspecified atom stereocenters. The molecule has 0 aliphatic heterocycles. The number of ether oxygens (including phenoxy) is 1. The second-order valence-corrected chi connectivity index (χ2v) is 4.66. The number of aliphatic carboxylic acids is 1. The lowest BCUT2D eigenvalue weighted by atomic mass is 9.92. The van der Waals surface area contributed by atoms with Crippen LogP contribution >= 0.6 is 0 Å². The summed E-state index contributed by atoms with van der Waals surface area (Å²) in [6, 6.07) is 6.32. The Morgan fingerprint density at radius 1 is 1.47 bits per heavy atom. The minimum Gasteiger partial charge on any atom is -0.480 e. The molecule has 0 saturated carbocycles. The lowest BCUT2D eigenvalue weighted by Crippen LogP contribution is -2.28. The van der Waals surface area contributed by atoms with Crippen LogP contribution in [0.5, 0.6) is 0 Å². The summed E-state index contributed by atoms with van der Waals surface area (Å²) in [6.45, 7) is 3.91. The van der Waals surface area contributed by atoms with E-state index in [4.69, 9.17) is 15.6 Å². The molecule has 0 fully saturated rings. The van der Waals surface area contributed by atoms with Crippen LogP contribution in [-0.4, -0.2) is 23.8 Å². The number of hydrogen-bond acceptors (Lipinski definition) is 3. The van der Waals surface area contributed by atoms with Crippen molar-refractivity contribution in [3.63, 3.8) is 0 Å². The number of carboxylic acids is 1. The predicted octanol–water partition coefficient (Wildman–Crippen LogP) is 1.74. The van der Waals surface area contributed by atoms with Gasteiger partial charge in [-0.3, -0.25) is 4.79 Å². The highest BCUT2D eigenvalue weighted by atomic mass is 16.5. The number of methoxy groups -OCH3 is 1. The van der Waals surface area contributed by atoms with Crippen molar-refractivity contribution < 1.29 is 14.6 Å². The average molecular weight is 237 g/mol. The Kier molecular flexibility index (Phi) is 4.26. The van der Waals surface area contributed by atoms with E-state index >= 15 is 0 Å². The third-order valence-electron chi connectivity index (χ3n) is 2.82. The third-order valence-corrected chi connectivity index (χ3v) is 2.82. The largest absolute Gasteiger partial charge is 0.480 e. The first-order valence-electron chi connectivity index (χ1n) is 5.49. The van der Waals surface area contributed by atoms with Gasteiger partial charge in [0.2, 0.25) is 0 Å². The fourth-order valence-corrected chi connectivity index (χ4v) is 1.66. The van der Waals surface area contributed by atoms with Crippen molar-refractivity contribution in [2.75, 3.05) is 7.11 Å². The molecule has 3 N–H and O–H groups in total. The number of benzene rings is 1. The van der Waals surface area contributed by atoms with E-state index in [0.29, 0.717) is 12.0 Å². The average Bonchev–Trinajstić information content (AvgIpc) is 2.28. The topological polar surface area (TPSA) is 72.5 Å². The standard InChI is InChI=1S/C13H19NO3/c1-13(2,17-3)8-9-6-4-5-7-10(9)11(14)12(15)16/h4-7,11H,8,14H2,1-3H3,(H,15,16). The van der Waals surface area contributed by atoms with Crippen molar-refractivity contribution in [3.8, 4) is 0 Å². The summed E-state index contributed by atoms with van der Waals surface area (Å²) in [5, 5.41) is 8.96. The molecule has 0 radical (unpaired) electrons. The number of hydrogen-bond donors (Lipinski definition) is 2. The number of nitrogens with two attached hydrogens (primary N) is 1. The van der Waals surface area contributed by atoms with E-state index in [2.05, 4.69) is 0 Å². The number of carboxylic acid groups (broad SMARTS) is 1. The predicted molar refractivity (Wildman–Crippen MR) is 65.8 cm³/mol. The molecule has 0 heterocycles. The molecular formula is C13H19NO3. The summed E-state index contributed by atoms with van der Waals surface area (Å²) in [5.74, 6) is -1.02. The molecule has 1 aromatic rings. The van der Waals surface area contributed by atoms with E-state index in [1.807, 2.05) is 26.0 Å². The summed E-state index contributed by atoms with van der Waals surface area (Å²) in [4.78, 5) is 10.9. The lowest BCUT2D eigenvalue weighted by Gasteiger charge is -2.25. The molecule has 0 aliphatic carbocycles. The van der Waals surface area contributed by atoms with E-state index in [1.54, 1.807) is 19.2 Å². The molecule has 17 heavy (non-hydrogen) atoms. The maximum atomic E-state index is 10.9. The zero-order valence-corrected chi connectivity index (χ0v) is 10.4. The molecule has 0 aliphatic rings. The van der Waals surface area contributed by atoms with Crippen LogP contribution in [0.25, 0.3) is 0 Å². The molecule has 0 bridgehead atoms. The SMILES string of the molecule is COC(C)(C)Cc1ccccc1C(N)C(=O)O. The summed E-state index contributed by atoms with van der Waals surface area (Å²) in [7, 11) is 1.64. The second-order valence-electron chi connectivity index (χ2n) is 4.66. The van der Waals surface area contributed by atoms with Crippen molar-refractivity contribution in [1.29, 1.82) is 0 Å². The minimum atomic E-state index is -1.02. The van der Waals surface area contributed by atoms with E-state index in [0.717, 1.165) is 5.56 Å². The zero-order chi connectivity index (χ0) is 13.1. The van der Waals surface area contributed by atoms with Crippen molar-refractivity contribution >= 4 is 5.97 Å². The van der Waals surface area contributed by atoms with Gasteiger partial charge in [-0.05, 0) is 25.0 Å². The minimum absolute atomic E-state index is 0.339. The first kappa shape index (κ1) is 13.7. The number of rotatable bonds is 5. The molecule has 0 aromatic heterocycles. The molecule has 94 valence electrons. The summed E-state index contributed by atoms with van der Waals surface area (Å²) < 4.78 is 5.35. The van der Waals surface area contributed by atoms with Gasteiger partial charge in [0.05, 0.1) is 5.60 Å². The first-order valence-corrected chi connectivity index (χ1v) is 5.49. The Morgan fingerprint density at radius 2 is 2.06 bits per heavy atom. The molecule has 0 amide bonds. The lowest BCUT2D eigenvalue weighted by molar-refractivity contribution is -0.138. The van der Waals surface area contributed by atoms with Crippen molar-refractivity contribution in [2.45, 2.75) is 31.9 Å². The van der Waals surface area contributed by atoms with E-state index in [9.17, 15) is 4.79 Å². The van der Waals surface area contributed by atoms with Gasteiger partial charge in [0, 0.05) is 13.5 Å². The third kappa shape index (κ3) is 3.54. The molecule has 1 atom stereocenters. The number of carbonyl (C=O) groups is 1. The van der Waals surface area contributed by atoms with Crippen LogP contribution in [0.4, 0.5) is 0 Å². The molecular weight excluding hydrogens is 218 g/mol. The highest BCUT2D eigenvalue weighted by Gasteiger charge is 2.23. The van der Waals surface area contributed by atoms with Crippen LogP contribution in [0.2, 0.25) is 0 Å². The highest BCUT2D eigenvalue weighted by molar-refractivity contribution is 5.75. The molecule has 1 aromatic carbocycles. The van der Waals surface area contributed by atoms with Crippen molar-refractivity contribution in [1.82, 2.24) is 0 Å². The monoisotopic (exact) mass is 237 g/mol. The smallest absolute Gasteiger partial charge is 0.325 e. The molecule has 4 nitrogen and oxygen atoms in total. The Labute approximate surface area is 101 Å². The fraction of sp³-hybridized carbons (Fsp3) is 0.462. The van der Waals surface area contributed by atoms with Gasteiger partial charge in [0.25, 0.3) is 0 Å². The van der Waals surface area contributed by atoms with Gasteiger partial charge in [0.15, 0.2) is 0 Å². The molecule has 4 heteroatoms. The maximum Gasteiger partial charge on any atom is 0.325 e. The van der Waals surface area contributed by atoms with Gasteiger partial charge in [-0.25, -0.2) is 0 Å². The van der Waals surface area contributed by atoms with Crippen LogP contribution in [0.1, 0.15) is 31.0 Å². The van der Waals surface area contributed by atoms with Gasteiger partial charge >= 0.3 is 5.97 Å². The maximum absolute atomic E-state index is 10.9. The zero-order valence-electron chi connectivity index (χ0n) is 10.4. The van der Waals surface area contributed by atoms with Gasteiger partial charge in [-0.1, -0.05) is 24.3 Å². The molecule has 0 saturated heterocycles. The summed E-state index contributed by atoms with van der Waals surface area (Å²) >= 11 is 0. The highest BCUT2D eigenvalue weighted by Crippen LogP contribution is 2.22. The molecule has 1 rings (SSSR count). The van der Waals surface area contributed by atoms with Crippen LogP contribution in [0.15, 0.2) is 24.3 Å². The van der Waals surface area contributed by atoms with Crippen molar-refractivity contribution in [3.05, 3.63) is 35.4 Å². The fourth-order valence-electron chi connectivity index (χ4n) is 1.66.